The Morgan fingerprint density at radius 3 is 2.40 bits per heavy atom. The zero-order valence-electron chi connectivity index (χ0n) is 12.5. The maximum atomic E-state index is 11.8. The summed E-state index contributed by atoms with van der Waals surface area (Å²) in [5.41, 5.74) is 1.36. The molecule has 112 valence electrons. The number of methoxy groups -OCH3 is 1. The molecule has 2 heterocycles. The molecule has 1 aliphatic heterocycles. The zero-order chi connectivity index (χ0) is 14.9. The number of ether oxygens (including phenoxy) is 1. The Kier molecular flexibility index (Phi) is 4.29. The number of carboxylic acids is 1. The maximum Gasteiger partial charge on any atom is 0.325 e. The van der Waals surface area contributed by atoms with E-state index >= 15 is 0 Å². The second-order valence-electron chi connectivity index (χ2n) is 5.21. The lowest BCUT2D eigenvalue weighted by Gasteiger charge is -2.36. The zero-order valence-corrected chi connectivity index (χ0v) is 12.5. The Labute approximate surface area is 118 Å². The van der Waals surface area contributed by atoms with Gasteiger partial charge in [-0.3, -0.25) is 9.69 Å². The van der Waals surface area contributed by atoms with E-state index in [1.54, 1.807) is 18.8 Å². The number of aromatic nitrogens is 2. The van der Waals surface area contributed by atoms with Gasteiger partial charge in [0.25, 0.3) is 0 Å². The van der Waals surface area contributed by atoms with Crippen molar-refractivity contribution >= 4 is 5.97 Å². The van der Waals surface area contributed by atoms with Crippen molar-refractivity contribution in [3.8, 4) is 5.88 Å². The molecule has 0 amide bonds. The highest BCUT2D eigenvalue weighted by Crippen LogP contribution is 2.32. The first-order chi connectivity index (χ1) is 9.45. The van der Waals surface area contributed by atoms with Gasteiger partial charge in [-0.1, -0.05) is 0 Å². The summed E-state index contributed by atoms with van der Waals surface area (Å²) in [4.78, 5) is 15.9. The summed E-state index contributed by atoms with van der Waals surface area (Å²) in [6.07, 6.45) is 0. The van der Waals surface area contributed by atoms with Crippen molar-refractivity contribution in [2.24, 2.45) is 7.05 Å². The van der Waals surface area contributed by atoms with Crippen molar-refractivity contribution in [1.82, 2.24) is 19.6 Å². The molecule has 1 aromatic heterocycles. The third-order valence-corrected chi connectivity index (χ3v) is 3.82. The van der Waals surface area contributed by atoms with E-state index in [4.69, 9.17) is 4.74 Å². The largest absolute Gasteiger partial charge is 0.481 e. The molecule has 1 aromatic rings. The Balaban J connectivity index is 2.36. The molecule has 7 heteroatoms. The summed E-state index contributed by atoms with van der Waals surface area (Å²) in [7, 11) is 5.35. The minimum absolute atomic E-state index is 0.522. The highest BCUT2D eigenvalue weighted by atomic mass is 16.5. The average Bonchev–Trinajstić information content (AvgIpc) is 2.66. The molecular formula is C13H22N4O3. The van der Waals surface area contributed by atoms with Crippen molar-refractivity contribution < 1.29 is 14.6 Å². The second-order valence-corrected chi connectivity index (χ2v) is 5.21. The Hall–Kier alpha value is -1.60. The minimum atomic E-state index is -0.857. The van der Waals surface area contributed by atoms with E-state index in [0.717, 1.165) is 26.2 Å². The van der Waals surface area contributed by atoms with Crippen LogP contribution in [0, 0.1) is 6.92 Å². The molecule has 20 heavy (non-hydrogen) atoms. The molecule has 1 fully saturated rings. The third kappa shape index (κ3) is 2.64. The van der Waals surface area contributed by atoms with Gasteiger partial charge in [0.05, 0.1) is 18.4 Å². The van der Waals surface area contributed by atoms with Crippen LogP contribution in [0.15, 0.2) is 0 Å². The van der Waals surface area contributed by atoms with E-state index in [1.165, 1.54) is 0 Å². The number of aliphatic carboxylic acids is 1. The van der Waals surface area contributed by atoms with Crippen molar-refractivity contribution in [2.75, 3.05) is 40.3 Å². The van der Waals surface area contributed by atoms with Gasteiger partial charge in [0.1, 0.15) is 6.04 Å². The SMILES string of the molecule is COc1c(C(C(=O)O)N2CCN(C)CC2)c(C)nn1C. The van der Waals surface area contributed by atoms with E-state index in [0.29, 0.717) is 17.1 Å². The van der Waals surface area contributed by atoms with Gasteiger partial charge in [0.2, 0.25) is 5.88 Å². The van der Waals surface area contributed by atoms with E-state index in [2.05, 4.69) is 10.00 Å². The van der Waals surface area contributed by atoms with Crippen LogP contribution in [0.2, 0.25) is 0 Å². The number of carboxylic acid groups (broad SMARTS) is 1. The number of hydrogen-bond acceptors (Lipinski definition) is 5. The molecule has 1 aliphatic rings. The molecule has 1 N–H and O–H groups in total. The maximum absolute atomic E-state index is 11.8. The molecular weight excluding hydrogens is 260 g/mol. The Bertz CT molecular complexity index is 492. The molecule has 2 rings (SSSR count). The summed E-state index contributed by atoms with van der Waals surface area (Å²) in [5, 5.41) is 13.9. The highest BCUT2D eigenvalue weighted by Gasteiger charge is 2.35. The second kappa shape index (κ2) is 5.80. The summed E-state index contributed by atoms with van der Waals surface area (Å²) in [5.74, 6) is -0.335. The highest BCUT2D eigenvalue weighted by molar-refractivity contribution is 5.77. The number of carbonyl (C=O) groups is 1. The van der Waals surface area contributed by atoms with E-state index < -0.39 is 12.0 Å². The molecule has 1 saturated heterocycles. The van der Waals surface area contributed by atoms with Crippen molar-refractivity contribution in [3.63, 3.8) is 0 Å². The molecule has 1 atom stereocenters. The van der Waals surface area contributed by atoms with E-state index in [9.17, 15) is 9.90 Å². The van der Waals surface area contributed by atoms with Gasteiger partial charge in [-0.05, 0) is 14.0 Å². The standard InChI is InChI=1S/C13H22N4O3/c1-9-10(12(20-4)16(3)14-9)11(13(18)19)17-7-5-15(2)6-8-17/h11H,5-8H2,1-4H3,(H,18,19). The number of aryl methyl sites for hydroxylation is 2. The lowest BCUT2D eigenvalue weighted by atomic mass is 10.0. The number of hydrogen-bond donors (Lipinski definition) is 1. The number of likely N-dealkylation sites (N-methyl/N-ethyl adjacent to an activating group) is 1. The van der Waals surface area contributed by atoms with Gasteiger partial charge in [-0.15, -0.1) is 0 Å². The predicted molar refractivity (Wildman–Crippen MR) is 73.9 cm³/mol. The van der Waals surface area contributed by atoms with Gasteiger partial charge in [0.15, 0.2) is 0 Å². The molecule has 0 radical (unpaired) electrons. The molecule has 0 aliphatic carbocycles. The van der Waals surface area contributed by atoms with Crippen molar-refractivity contribution in [3.05, 3.63) is 11.3 Å². The van der Waals surface area contributed by atoms with Crippen LogP contribution < -0.4 is 4.74 Å². The summed E-state index contributed by atoms with van der Waals surface area (Å²) >= 11 is 0. The normalized spacial score (nSPS) is 19.0. The fourth-order valence-corrected chi connectivity index (χ4v) is 2.75. The Morgan fingerprint density at radius 1 is 1.30 bits per heavy atom. The van der Waals surface area contributed by atoms with E-state index in [1.807, 2.05) is 18.9 Å². The van der Waals surface area contributed by atoms with Crippen LogP contribution in [-0.4, -0.2) is 71.0 Å². The smallest absolute Gasteiger partial charge is 0.325 e. The number of rotatable bonds is 4. The minimum Gasteiger partial charge on any atom is -0.481 e. The van der Waals surface area contributed by atoms with Crippen LogP contribution in [-0.2, 0) is 11.8 Å². The molecule has 0 bridgehead atoms. The fourth-order valence-electron chi connectivity index (χ4n) is 2.75. The number of piperazine rings is 1. The predicted octanol–water partition coefficient (Wildman–Crippen LogP) is 0.110. The first kappa shape index (κ1) is 14.8. The van der Waals surface area contributed by atoms with Crippen LogP contribution in [0.4, 0.5) is 0 Å². The molecule has 7 nitrogen and oxygen atoms in total. The topological polar surface area (TPSA) is 70.8 Å². The van der Waals surface area contributed by atoms with Crippen LogP contribution >= 0.6 is 0 Å². The lowest BCUT2D eigenvalue weighted by Crippen LogP contribution is -2.48. The van der Waals surface area contributed by atoms with Gasteiger partial charge in [-0.25, -0.2) is 4.68 Å². The lowest BCUT2D eigenvalue weighted by molar-refractivity contribution is -0.144. The van der Waals surface area contributed by atoms with Crippen molar-refractivity contribution in [2.45, 2.75) is 13.0 Å². The molecule has 1 unspecified atom stereocenters. The van der Waals surface area contributed by atoms with Gasteiger partial charge < -0.3 is 14.7 Å². The Morgan fingerprint density at radius 2 is 1.90 bits per heavy atom. The monoisotopic (exact) mass is 282 g/mol. The first-order valence-electron chi connectivity index (χ1n) is 6.68. The van der Waals surface area contributed by atoms with Crippen LogP contribution in [0.3, 0.4) is 0 Å². The summed E-state index contributed by atoms with van der Waals surface area (Å²) in [6.45, 7) is 5.01. The number of nitrogens with zero attached hydrogens (tertiary/aromatic N) is 4. The van der Waals surface area contributed by atoms with Crippen LogP contribution in [0.5, 0.6) is 5.88 Å². The van der Waals surface area contributed by atoms with Gasteiger partial charge in [0, 0.05) is 33.2 Å². The summed E-state index contributed by atoms with van der Waals surface area (Å²) in [6, 6.07) is -0.702. The van der Waals surface area contributed by atoms with Crippen LogP contribution in [0.25, 0.3) is 0 Å². The average molecular weight is 282 g/mol. The summed E-state index contributed by atoms with van der Waals surface area (Å²) < 4.78 is 6.93. The molecule has 0 aromatic carbocycles. The first-order valence-corrected chi connectivity index (χ1v) is 6.68. The van der Waals surface area contributed by atoms with Gasteiger partial charge >= 0.3 is 5.97 Å². The quantitative estimate of drug-likeness (QED) is 0.845. The fraction of sp³-hybridized carbons (Fsp3) is 0.692. The van der Waals surface area contributed by atoms with Crippen LogP contribution in [0.1, 0.15) is 17.3 Å². The molecule has 0 saturated carbocycles. The third-order valence-electron chi connectivity index (χ3n) is 3.82. The van der Waals surface area contributed by atoms with E-state index in [-0.39, 0.29) is 0 Å². The van der Waals surface area contributed by atoms with Gasteiger partial charge in [-0.2, -0.15) is 5.10 Å². The van der Waals surface area contributed by atoms with Crippen molar-refractivity contribution in [1.29, 1.82) is 0 Å². The molecule has 0 spiro atoms.